The lowest BCUT2D eigenvalue weighted by Gasteiger charge is -2.09. The van der Waals surface area contributed by atoms with Gasteiger partial charge in [-0.1, -0.05) is 6.07 Å². The minimum atomic E-state index is -1.70. The van der Waals surface area contributed by atoms with Gasteiger partial charge in [0, 0.05) is 5.46 Å². The second-order valence-corrected chi connectivity index (χ2v) is 3.15. The van der Waals surface area contributed by atoms with Gasteiger partial charge in [0.25, 0.3) is 0 Å². The predicted octanol–water partition coefficient (Wildman–Crippen LogP) is -1.07. The van der Waals surface area contributed by atoms with Crippen LogP contribution in [0.1, 0.15) is 5.56 Å². The number of nitrogens with zero attached hydrogens (tertiary/aromatic N) is 1. The van der Waals surface area contributed by atoms with Gasteiger partial charge in [-0.25, -0.2) is 9.79 Å². The van der Waals surface area contributed by atoms with E-state index >= 15 is 0 Å². The summed E-state index contributed by atoms with van der Waals surface area (Å²) in [6, 6.07) is 3.23. The van der Waals surface area contributed by atoms with Gasteiger partial charge < -0.3 is 19.5 Å². The Morgan fingerprint density at radius 2 is 2.25 bits per heavy atom. The van der Waals surface area contributed by atoms with Crippen molar-refractivity contribution in [2.24, 2.45) is 4.99 Å². The van der Waals surface area contributed by atoms with E-state index < -0.39 is 7.12 Å². The fourth-order valence-electron chi connectivity index (χ4n) is 1.57. The van der Waals surface area contributed by atoms with E-state index in [0.717, 1.165) is 0 Å². The van der Waals surface area contributed by atoms with Gasteiger partial charge in [-0.3, -0.25) is 0 Å². The normalized spacial score (nSPS) is 12.1. The molecule has 0 saturated carbocycles. The van der Waals surface area contributed by atoms with E-state index in [1.54, 1.807) is 12.1 Å². The zero-order chi connectivity index (χ0) is 11.5. The van der Waals surface area contributed by atoms with Crippen LogP contribution >= 0.6 is 0 Å². The summed E-state index contributed by atoms with van der Waals surface area (Å²) in [7, 11) is -1.70. The number of benzene rings is 1. The molecule has 2 rings (SSSR count). The molecular formula is C9H8BNO5. The van der Waals surface area contributed by atoms with Crippen molar-refractivity contribution in [3.05, 3.63) is 17.7 Å². The number of fused-ring (bicyclic) bond motifs is 1. The lowest BCUT2D eigenvalue weighted by atomic mass is 9.76. The smallest absolute Gasteiger partial charge is 0.454 e. The van der Waals surface area contributed by atoms with E-state index in [1.165, 1.54) is 6.08 Å². The minimum absolute atomic E-state index is 0.0209. The van der Waals surface area contributed by atoms with E-state index in [0.29, 0.717) is 11.3 Å². The third-order valence-corrected chi connectivity index (χ3v) is 2.24. The SMILES string of the molecule is O=C=NCc1ccc2c(c1B(O)O)OCO2. The Morgan fingerprint density at radius 3 is 2.94 bits per heavy atom. The lowest BCUT2D eigenvalue weighted by molar-refractivity contribution is 0.174. The molecule has 16 heavy (non-hydrogen) atoms. The summed E-state index contributed by atoms with van der Waals surface area (Å²) in [5, 5.41) is 18.5. The molecule has 0 aromatic heterocycles. The monoisotopic (exact) mass is 221 g/mol. The van der Waals surface area contributed by atoms with Crippen molar-refractivity contribution in [3.8, 4) is 11.5 Å². The van der Waals surface area contributed by atoms with Crippen LogP contribution < -0.4 is 14.9 Å². The van der Waals surface area contributed by atoms with Gasteiger partial charge in [-0.2, -0.15) is 0 Å². The molecule has 0 radical (unpaired) electrons. The maximum absolute atomic E-state index is 10.0. The molecule has 0 unspecified atom stereocenters. The molecule has 0 aliphatic carbocycles. The maximum atomic E-state index is 10.0. The highest BCUT2D eigenvalue weighted by atomic mass is 16.7. The van der Waals surface area contributed by atoms with Crippen LogP contribution in [0.15, 0.2) is 17.1 Å². The highest BCUT2D eigenvalue weighted by Gasteiger charge is 2.27. The van der Waals surface area contributed by atoms with Gasteiger partial charge in [-0.15, -0.1) is 0 Å². The van der Waals surface area contributed by atoms with Gasteiger partial charge >= 0.3 is 7.12 Å². The first-order valence-electron chi connectivity index (χ1n) is 4.55. The largest absolute Gasteiger partial charge is 0.492 e. The summed E-state index contributed by atoms with van der Waals surface area (Å²) in [6.07, 6.45) is 1.39. The molecule has 7 heteroatoms. The average Bonchev–Trinajstić information content (AvgIpc) is 2.72. The van der Waals surface area contributed by atoms with Gasteiger partial charge in [0.1, 0.15) is 0 Å². The van der Waals surface area contributed by atoms with Crippen LogP contribution in [0.2, 0.25) is 0 Å². The molecule has 2 N–H and O–H groups in total. The molecule has 1 heterocycles. The Labute approximate surface area is 91.3 Å². The molecule has 6 nitrogen and oxygen atoms in total. The minimum Gasteiger partial charge on any atom is -0.454 e. The first-order valence-corrected chi connectivity index (χ1v) is 4.55. The van der Waals surface area contributed by atoms with Crippen molar-refractivity contribution in [2.75, 3.05) is 6.79 Å². The molecule has 0 spiro atoms. The molecule has 0 fully saturated rings. The van der Waals surface area contributed by atoms with Crippen LogP contribution in [0, 0.1) is 0 Å². The highest BCUT2D eigenvalue weighted by Crippen LogP contribution is 2.31. The molecule has 0 atom stereocenters. The number of ether oxygens (including phenoxy) is 2. The molecule has 1 aliphatic heterocycles. The number of hydrogen-bond donors (Lipinski definition) is 2. The van der Waals surface area contributed by atoms with Crippen LogP contribution in [0.4, 0.5) is 0 Å². The van der Waals surface area contributed by atoms with E-state index in [2.05, 4.69) is 4.99 Å². The van der Waals surface area contributed by atoms with E-state index in [-0.39, 0.29) is 24.6 Å². The number of aliphatic imine (C=N–C) groups is 1. The first kappa shape index (κ1) is 10.7. The Bertz CT molecular complexity index is 455. The van der Waals surface area contributed by atoms with Gasteiger partial charge in [0.05, 0.1) is 6.54 Å². The second kappa shape index (κ2) is 4.36. The fourth-order valence-corrected chi connectivity index (χ4v) is 1.57. The van der Waals surface area contributed by atoms with Crippen molar-refractivity contribution in [1.82, 2.24) is 0 Å². The second-order valence-electron chi connectivity index (χ2n) is 3.15. The fraction of sp³-hybridized carbons (Fsp3) is 0.222. The summed E-state index contributed by atoms with van der Waals surface area (Å²) >= 11 is 0. The summed E-state index contributed by atoms with van der Waals surface area (Å²) in [5.74, 6) is 0.732. The van der Waals surface area contributed by atoms with Crippen molar-refractivity contribution in [2.45, 2.75) is 6.54 Å². The van der Waals surface area contributed by atoms with Crippen molar-refractivity contribution in [1.29, 1.82) is 0 Å². The Balaban J connectivity index is 2.48. The highest BCUT2D eigenvalue weighted by molar-refractivity contribution is 6.60. The third kappa shape index (κ3) is 1.79. The van der Waals surface area contributed by atoms with E-state index in [4.69, 9.17) is 9.47 Å². The van der Waals surface area contributed by atoms with E-state index in [9.17, 15) is 14.8 Å². The van der Waals surface area contributed by atoms with Gasteiger partial charge in [-0.05, 0) is 11.6 Å². The van der Waals surface area contributed by atoms with Crippen LogP contribution in [0.3, 0.4) is 0 Å². The summed E-state index contributed by atoms with van der Waals surface area (Å²) in [6.45, 7) is 0.0581. The quantitative estimate of drug-likeness (QED) is 0.385. The van der Waals surface area contributed by atoms with Crippen LogP contribution in [0.25, 0.3) is 0 Å². The lowest BCUT2D eigenvalue weighted by Crippen LogP contribution is -2.33. The molecule has 1 aromatic rings. The van der Waals surface area contributed by atoms with Crippen molar-refractivity contribution >= 4 is 18.7 Å². The average molecular weight is 221 g/mol. The number of carbonyl (C=O) groups excluding carboxylic acids is 1. The van der Waals surface area contributed by atoms with Gasteiger partial charge in [0.15, 0.2) is 11.5 Å². The summed E-state index contributed by atoms with van der Waals surface area (Å²) in [4.78, 5) is 13.4. The molecular weight excluding hydrogens is 213 g/mol. The standard InChI is InChI=1S/C9H8BNO5/c12-4-11-3-6-1-2-7-9(16-5-15-7)8(6)10(13)14/h1-2,13-14H,3,5H2. The number of rotatable bonds is 3. The Morgan fingerprint density at radius 1 is 1.44 bits per heavy atom. The van der Waals surface area contributed by atoms with Gasteiger partial charge in [0.2, 0.25) is 12.9 Å². The van der Waals surface area contributed by atoms with Crippen molar-refractivity contribution in [3.63, 3.8) is 0 Å². The summed E-state index contributed by atoms with van der Waals surface area (Å²) < 4.78 is 10.2. The molecule has 0 amide bonds. The van der Waals surface area contributed by atoms with Crippen LogP contribution in [-0.4, -0.2) is 30.0 Å². The summed E-state index contributed by atoms with van der Waals surface area (Å²) in [5.41, 5.74) is 0.664. The topological polar surface area (TPSA) is 88.4 Å². The predicted molar refractivity (Wildman–Crippen MR) is 54.2 cm³/mol. The third-order valence-electron chi connectivity index (χ3n) is 2.24. The molecule has 1 aromatic carbocycles. The Kier molecular flexibility index (Phi) is 2.92. The molecule has 0 saturated heterocycles. The number of isocyanates is 1. The first-order chi connectivity index (χ1) is 7.74. The molecule has 0 bridgehead atoms. The van der Waals surface area contributed by atoms with Crippen molar-refractivity contribution < 1.29 is 24.3 Å². The zero-order valence-corrected chi connectivity index (χ0v) is 8.21. The zero-order valence-electron chi connectivity index (χ0n) is 8.21. The van der Waals surface area contributed by atoms with Crippen LogP contribution in [0.5, 0.6) is 11.5 Å². The number of hydrogen-bond acceptors (Lipinski definition) is 6. The van der Waals surface area contributed by atoms with E-state index in [1.807, 2.05) is 0 Å². The maximum Gasteiger partial charge on any atom is 0.492 e. The molecule has 82 valence electrons. The Hall–Kier alpha value is -1.82. The molecule has 1 aliphatic rings. The van der Waals surface area contributed by atoms with Crippen LogP contribution in [-0.2, 0) is 11.3 Å².